The van der Waals surface area contributed by atoms with E-state index in [0.717, 1.165) is 37.8 Å². The van der Waals surface area contributed by atoms with E-state index in [4.69, 9.17) is 16.6 Å². The van der Waals surface area contributed by atoms with Crippen molar-refractivity contribution in [1.29, 1.82) is 0 Å². The lowest BCUT2D eigenvalue weighted by atomic mass is 9.99. The first-order valence-electron chi connectivity index (χ1n) is 12.8. The molecular weight excluding hydrogens is 556 g/mol. The largest absolute Gasteiger partial charge is 0.508 e. The SMILES string of the molecule is Cc1c(C#Cc2cccnc2)sc2c1C(c1ccc(Cl)cc1)=N[C@@H](CC(=O)Nc1ccc(O)cc1)c1nnc(C)n1-2. The van der Waals surface area contributed by atoms with Crippen LogP contribution in [0.4, 0.5) is 5.69 Å². The molecule has 0 spiro atoms. The highest BCUT2D eigenvalue weighted by Crippen LogP contribution is 2.40. The van der Waals surface area contributed by atoms with Crippen molar-refractivity contribution in [2.45, 2.75) is 26.3 Å². The second-order valence-corrected chi connectivity index (χ2v) is 10.9. The van der Waals surface area contributed by atoms with Crippen LogP contribution in [0.1, 0.15) is 51.2 Å². The summed E-state index contributed by atoms with van der Waals surface area (Å²) in [5.41, 5.74) is 4.88. The summed E-state index contributed by atoms with van der Waals surface area (Å²) in [4.78, 5) is 23.4. The van der Waals surface area contributed by atoms with Crippen LogP contribution in [0.2, 0.25) is 5.02 Å². The van der Waals surface area contributed by atoms with Gasteiger partial charge in [-0.05, 0) is 67.9 Å². The predicted molar refractivity (Wildman–Crippen MR) is 160 cm³/mol. The Morgan fingerprint density at radius 3 is 2.59 bits per heavy atom. The number of pyridine rings is 1. The summed E-state index contributed by atoms with van der Waals surface area (Å²) in [6, 6.07) is 17.0. The standard InChI is InChI=1S/C31H23ClN6O2S/c1-18-26(14-5-20-4-3-15-33-17-20)41-31-28(18)29(21-6-8-22(32)9-7-21)35-25(30-37-36-19(2)38(30)31)16-27(40)34-23-10-12-24(39)13-11-23/h3-4,6-13,15,17,25,39H,16H2,1-2H3,(H,34,40)/t25-/m0/s1. The summed E-state index contributed by atoms with van der Waals surface area (Å²) >= 11 is 7.77. The minimum absolute atomic E-state index is 0.0394. The van der Waals surface area contributed by atoms with Crippen molar-refractivity contribution in [3.8, 4) is 22.6 Å². The Bertz CT molecular complexity index is 1850. The fourth-order valence-electron chi connectivity index (χ4n) is 4.64. The van der Waals surface area contributed by atoms with Gasteiger partial charge in [0.2, 0.25) is 5.91 Å². The molecule has 0 fully saturated rings. The van der Waals surface area contributed by atoms with Gasteiger partial charge in [-0.2, -0.15) is 0 Å². The van der Waals surface area contributed by atoms with Crippen LogP contribution >= 0.6 is 22.9 Å². The van der Waals surface area contributed by atoms with Crippen LogP contribution in [0, 0.1) is 25.7 Å². The molecule has 3 aromatic heterocycles. The van der Waals surface area contributed by atoms with E-state index in [1.165, 1.54) is 12.1 Å². The summed E-state index contributed by atoms with van der Waals surface area (Å²) in [7, 11) is 0. The number of hydrogen-bond donors (Lipinski definition) is 2. The van der Waals surface area contributed by atoms with E-state index < -0.39 is 6.04 Å². The number of carbonyl (C=O) groups excluding carboxylic acids is 1. The maximum absolute atomic E-state index is 13.2. The van der Waals surface area contributed by atoms with Gasteiger partial charge in [-0.3, -0.25) is 19.3 Å². The Kier molecular flexibility index (Phi) is 7.10. The van der Waals surface area contributed by atoms with Gasteiger partial charge in [0.15, 0.2) is 5.82 Å². The van der Waals surface area contributed by atoms with Gasteiger partial charge in [-0.1, -0.05) is 35.6 Å². The van der Waals surface area contributed by atoms with Crippen molar-refractivity contribution >= 4 is 40.2 Å². The van der Waals surface area contributed by atoms with Gasteiger partial charge in [-0.15, -0.1) is 21.5 Å². The molecule has 2 N–H and O–H groups in total. The van der Waals surface area contributed by atoms with Gasteiger partial charge in [0.1, 0.15) is 22.6 Å². The molecule has 1 amide bonds. The third-order valence-electron chi connectivity index (χ3n) is 6.63. The molecule has 0 saturated carbocycles. The number of phenols is 1. The maximum Gasteiger partial charge on any atom is 0.227 e. The van der Waals surface area contributed by atoms with Crippen molar-refractivity contribution < 1.29 is 9.90 Å². The number of benzene rings is 2. The zero-order valence-corrected chi connectivity index (χ0v) is 23.7. The fourth-order valence-corrected chi connectivity index (χ4v) is 5.98. The van der Waals surface area contributed by atoms with E-state index in [1.807, 2.05) is 54.8 Å². The molecule has 202 valence electrons. The number of halogens is 1. The topological polar surface area (TPSA) is 105 Å². The molecule has 0 bridgehead atoms. The van der Waals surface area contributed by atoms with Crippen LogP contribution in [-0.2, 0) is 4.79 Å². The number of fused-ring (bicyclic) bond motifs is 3. The van der Waals surface area contributed by atoms with E-state index in [1.54, 1.807) is 35.9 Å². The third kappa shape index (κ3) is 5.35. The number of carbonyl (C=O) groups is 1. The third-order valence-corrected chi connectivity index (χ3v) is 8.07. The lowest BCUT2D eigenvalue weighted by Crippen LogP contribution is -2.17. The molecule has 2 aromatic carbocycles. The second-order valence-electron chi connectivity index (χ2n) is 9.47. The number of nitrogens with one attached hydrogen (secondary N) is 1. The molecule has 1 aliphatic heterocycles. The Hall–Kier alpha value is -4.78. The smallest absolute Gasteiger partial charge is 0.227 e. The number of aliphatic imine (C=N–C) groups is 1. The number of nitrogens with zero attached hydrogens (tertiary/aromatic N) is 5. The van der Waals surface area contributed by atoms with Gasteiger partial charge in [0.05, 0.1) is 17.0 Å². The Labute approximate surface area is 245 Å². The first kappa shape index (κ1) is 26.4. The Morgan fingerprint density at radius 2 is 1.85 bits per heavy atom. The molecule has 0 radical (unpaired) electrons. The van der Waals surface area contributed by atoms with Gasteiger partial charge in [0.25, 0.3) is 0 Å². The lowest BCUT2D eigenvalue weighted by molar-refractivity contribution is -0.116. The number of rotatable bonds is 4. The monoisotopic (exact) mass is 578 g/mol. The summed E-state index contributed by atoms with van der Waals surface area (Å²) in [6.45, 7) is 3.92. The number of hydrogen-bond acceptors (Lipinski definition) is 7. The predicted octanol–water partition coefficient (Wildman–Crippen LogP) is 6.02. The molecule has 10 heteroatoms. The molecule has 41 heavy (non-hydrogen) atoms. The van der Waals surface area contributed by atoms with Crippen LogP contribution in [-0.4, -0.2) is 36.5 Å². The molecule has 8 nitrogen and oxygen atoms in total. The van der Waals surface area contributed by atoms with E-state index >= 15 is 0 Å². The van der Waals surface area contributed by atoms with E-state index in [2.05, 4.69) is 32.3 Å². The summed E-state index contributed by atoms with van der Waals surface area (Å²) in [5, 5.41) is 22.8. The molecule has 5 aromatic rings. The minimum Gasteiger partial charge on any atom is -0.508 e. The molecule has 0 aliphatic carbocycles. The quantitative estimate of drug-likeness (QED) is 0.200. The first-order valence-corrected chi connectivity index (χ1v) is 14.0. The van der Waals surface area contributed by atoms with Gasteiger partial charge >= 0.3 is 0 Å². The molecule has 1 atom stereocenters. The highest BCUT2D eigenvalue weighted by molar-refractivity contribution is 7.15. The Morgan fingerprint density at radius 1 is 1.07 bits per heavy atom. The number of thiophene rings is 1. The molecule has 6 rings (SSSR count). The van der Waals surface area contributed by atoms with Crippen molar-refractivity contribution in [3.63, 3.8) is 0 Å². The number of amides is 1. The average molecular weight is 579 g/mol. The van der Waals surface area contributed by atoms with Crippen LogP contribution in [0.5, 0.6) is 5.75 Å². The van der Waals surface area contributed by atoms with Crippen molar-refractivity contribution in [1.82, 2.24) is 19.7 Å². The van der Waals surface area contributed by atoms with Crippen molar-refractivity contribution in [2.75, 3.05) is 5.32 Å². The zero-order valence-electron chi connectivity index (χ0n) is 22.1. The first-order chi connectivity index (χ1) is 19.9. The molecular formula is C31H23ClN6O2S. The normalized spacial score (nSPS) is 13.7. The maximum atomic E-state index is 13.2. The summed E-state index contributed by atoms with van der Waals surface area (Å²) < 4.78 is 1.98. The van der Waals surface area contributed by atoms with Crippen molar-refractivity contribution in [3.05, 3.63) is 117 Å². The summed E-state index contributed by atoms with van der Waals surface area (Å²) in [5.74, 6) is 7.68. The zero-order chi connectivity index (χ0) is 28.5. The summed E-state index contributed by atoms with van der Waals surface area (Å²) in [6.07, 6.45) is 3.49. The lowest BCUT2D eigenvalue weighted by Gasteiger charge is -2.13. The van der Waals surface area contributed by atoms with Crippen LogP contribution in [0.3, 0.4) is 0 Å². The van der Waals surface area contributed by atoms with Crippen LogP contribution in [0.15, 0.2) is 78.0 Å². The van der Waals surface area contributed by atoms with Crippen molar-refractivity contribution in [2.24, 2.45) is 4.99 Å². The highest BCUT2D eigenvalue weighted by atomic mass is 35.5. The number of aromatic hydroxyl groups is 1. The second kappa shape index (κ2) is 11.0. The van der Waals surface area contributed by atoms with Gasteiger partial charge < -0.3 is 10.4 Å². The molecule has 0 unspecified atom stereocenters. The van der Waals surface area contributed by atoms with Crippen LogP contribution < -0.4 is 5.32 Å². The fraction of sp³-hybridized carbons (Fsp3) is 0.129. The van der Waals surface area contributed by atoms with E-state index in [-0.39, 0.29) is 18.1 Å². The minimum atomic E-state index is -0.608. The van der Waals surface area contributed by atoms with Gasteiger partial charge in [-0.25, -0.2) is 0 Å². The van der Waals surface area contributed by atoms with Gasteiger partial charge in [0, 0.05) is 39.8 Å². The number of aromatic nitrogens is 4. The number of phenolic OH excluding ortho intramolecular Hbond substituents is 1. The number of anilines is 1. The number of aryl methyl sites for hydroxylation is 1. The molecule has 0 saturated heterocycles. The average Bonchev–Trinajstić information content (AvgIpc) is 3.47. The Balaban J connectivity index is 1.47. The van der Waals surface area contributed by atoms with E-state index in [9.17, 15) is 9.90 Å². The van der Waals surface area contributed by atoms with Crippen LogP contribution in [0.25, 0.3) is 5.00 Å². The molecule has 1 aliphatic rings. The van der Waals surface area contributed by atoms with E-state index in [0.29, 0.717) is 22.4 Å². The highest BCUT2D eigenvalue weighted by Gasteiger charge is 2.32. The molecule has 4 heterocycles.